The smallest absolute Gasteiger partial charge is 0.258 e. The van der Waals surface area contributed by atoms with Crippen LogP contribution >= 0.6 is 0 Å². The summed E-state index contributed by atoms with van der Waals surface area (Å²) in [5.41, 5.74) is 4.17. The summed E-state index contributed by atoms with van der Waals surface area (Å²) in [6, 6.07) is 17.3. The number of amides is 2. The highest BCUT2D eigenvalue weighted by atomic mass is 16.2. The first kappa shape index (κ1) is 24.5. The van der Waals surface area contributed by atoms with Gasteiger partial charge in [-0.3, -0.25) is 24.6 Å². The highest BCUT2D eigenvalue weighted by molar-refractivity contribution is 6.04. The number of benzene rings is 2. The summed E-state index contributed by atoms with van der Waals surface area (Å²) in [6.45, 7) is 1.79. The minimum Gasteiger partial charge on any atom is -0.343 e. The van der Waals surface area contributed by atoms with E-state index in [0.29, 0.717) is 17.9 Å². The lowest BCUT2D eigenvalue weighted by Crippen LogP contribution is -2.35. The number of likely N-dealkylation sites (tertiary alicyclic amines) is 1. The normalized spacial score (nSPS) is 13.5. The number of aromatic amines is 1. The van der Waals surface area contributed by atoms with Crippen molar-refractivity contribution in [2.24, 2.45) is 0 Å². The predicted octanol–water partition coefficient (Wildman–Crippen LogP) is 5.24. The van der Waals surface area contributed by atoms with Crippen molar-refractivity contribution in [2.45, 2.75) is 44.9 Å². The number of hydrogen-bond acceptors (Lipinski definition) is 4. The number of aromatic nitrogens is 4. The first-order chi connectivity index (χ1) is 18.2. The average molecular weight is 497 g/mol. The Labute approximate surface area is 216 Å². The van der Waals surface area contributed by atoms with Crippen LogP contribution in [0.5, 0.6) is 0 Å². The molecule has 0 bridgehead atoms. The number of para-hydroxylation sites is 1. The van der Waals surface area contributed by atoms with Crippen LogP contribution in [0.1, 0.15) is 54.6 Å². The largest absolute Gasteiger partial charge is 0.343 e. The summed E-state index contributed by atoms with van der Waals surface area (Å²) < 4.78 is 1.91. The van der Waals surface area contributed by atoms with Gasteiger partial charge >= 0.3 is 0 Å². The van der Waals surface area contributed by atoms with E-state index in [-0.39, 0.29) is 11.8 Å². The molecule has 1 aliphatic heterocycles. The number of carbonyl (C=O) groups excluding carboxylic acids is 2. The van der Waals surface area contributed by atoms with Crippen molar-refractivity contribution in [3.63, 3.8) is 0 Å². The van der Waals surface area contributed by atoms with Gasteiger partial charge in [0.05, 0.1) is 11.9 Å². The Balaban J connectivity index is 1.26. The number of hydrogen-bond donors (Lipinski definition) is 2. The highest BCUT2D eigenvalue weighted by Gasteiger charge is 2.17. The van der Waals surface area contributed by atoms with Gasteiger partial charge in [-0.2, -0.15) is 5.10 Å². The van der Waals surface area contributed by atoms with Crippen molar-refractivity contribution in [2.75, 3.05) is 18.4 Å². The van der Waals surface area contributed by atoms with Gasteiger partial charge in [-0.25, -0.2) is 4.98 Å². The van der Waals surface area contributed by atoms with Gasteiger partial charge in [0.15, 0.2) is 0 Å². The minimum atomic E-state index is -0.230. The van der Waals surface area contributed by atoms with Crippen molar-refractivity contribution in [1.82, 2.24) is 24.6 Å². The zero-order valence-electron chi connectivity index (χ0n) is 20.9. The van der Waals surface area contributed by atoms with Gasteiger partial charge < -0.3 is 4.90 Å². The van der Waals surface area contributed by atoms with E-state index in [9.17, 15) is 9.59 Å². The zero-order valence-corrected chi connectivity index (χ0v) is 20.9. The summed E-state index contributed by atoms with van der Waals surface area (Å²) in [7, 11) is 0. The van der Waals surface area contributed by atoms with Crippen molar-refractivity contribution in [1.29, 1.82) is 0 Å². The number of anilines is 1. The number of nitrogens with one attached hydrogen (secondary N) is 2. The number of carbonyl (C=O) groups is 2. The van der Waals surface area contributed by atoms with Gasteiger partial charge in [0, 0.05) is 48.7 Å². The third kappa shape index (κ3) is 6.14. The molecule has 0 unspecified atom stereocenters. The van der Waals surface area contributed by atoms with E-state index in [4.69, 9.17) is 4.98 Å². The van der Waals surface area contributed by atoms with E-state index >= 15 is 0 Å². The number of piperidine rings is 1. The zero-order chi connectivity index (χ0) is 25.5. The maximum Gasteiger partial charge on any atom is 0.258 e. The van der Waals surface area contributed by atoms with Crippen LogP contribution in [0, 0.1) is 0 Å². The van der Waals surface area contributed by atoms with Gasteiger partial charge in [-0.1, -0.05) is 30.3 Å². The SMILES string of the molecule is O=C(Nc1nc(CCCCC(=O)N2CCCCC2)cn1-c1ccccc1)c1cccc(-c2cn[nH]c2)c1. The maximum atomic E-state index is 13.2. The Morgan fingerprint density at radius 1 is 0.946 bits per heavy atom. The lowest BCUT2D eigenvalue weighted by Gasteiger charge is -2.26. The lowest BCUT2D eigenvalue weighted by molar-refractivity contribution is -0.132. The molecule has 1 aliphatic rings. The molecule has 0 atom stereocenters. The number of imidazole rings is 1. The molecule has 1 fully saturated rings. The summed E-state index contributed by atoms with van der Waals surface area (Å²) in [5, 5.41) is 9.80. The maximum absolute atomic E-state index is 13.2. The Bertz CT molecular complexity index is 1320. The molecule has 0 spiro atoms. The fourth-order valence-electron chi connectivity index (χ4n) is 4.73. The minimum absolute atomic E-state index is 0.230. The molecule has 2 aromatic carbocycles. The number of nitrogens with zero attached hydrogens (tertiary/aromatic N) is 4. The van der Waals surface area contributed by atoms with E-state index in [0.717, 1.165) is 67.7 Å². The van der Waals surface area contributed by atoms with Crippen LogP contribution in [0.4, 0.5) is 5.95 Å². The second-order valence-corrected chi connectivity index (χ2v) is 9.43. The molecule has 0 saturated carbocycles. The van der Waals surface area contributed by atoms with Crippen molar-refractivity contribution < 1.29 is 9.59 Å². The van der Waals surface area contributed by atoms with Crippen LogP contribution in [0.2, 0.25) is 0 Å². The van der Waals surface area contributed by atoms with Crippen LogP contribution in [-0.2, 0) is 11.2 Å². The van der Waals surface area contributed by atoms with Crippen LogP contribution < -0.4 is 5.32 Å². The molecule has 2 amide bonds. The molecule has 8 heteroatoms. The Kier molecular flexibility index (Phi) is 7.74. The topological polar surface area (TPSA) is 95.9 Å². The van der Waals surface area contributed by atoms with Gasteiger partial charge in [0.1, 0.15) is 0 Å². The molecular formula is C29H32N6O2. The number of rotatable bonds is 9. The molecule has 37 heavy (non-hydrogen) atoms. The quantitative estimate of drug-likeness (QED) is 0.310. The third-order valence-corrected chi connectivity index (χ3v) is 6.75. The van der Waals surface area contributed by atoms with Crippen molar-refractivity contribution in [3.05, 3.63) is 84.4 Å². The fraction of sp³-hybridized carbons (Fsp3) is 0.310. The second kappa shape index (κ2) is 11.7. The van der Waals surface area contributed by atoms with E-state index in [1.165, 1.54) is 6.42 Å². The first-order valence-corrected chi connectivity index (χ1v) is 13.0. The van der Waals surface area contributed by atoms with Crippen LogP contribution in [0.3, 0.4) is 0 Å². The van der Waals surface area contributed by atoms with Gasteiger partial charge in [-0.05, 0) is 68.4 Å². The Morgan fingerprint density at radius 3 is 2.57 bits per heavy atom. The molecule has 8 nitrogen and oxygen atoms in total. The van der Waals surface area contributed by atoms with E-state index in [1.54, 1.807) is 18.5 Å². The predicted molar refractivity (Wildman–Crippen MR) is 144 cm³/mol. The summed E-state index contributed by atoms with van der Waals surface area (Å²) in [5.74, 6) is 0.510. The van der Waals surface area contributed by atoms with E-state index in [2.05, 4.69) is 15.5 Å². The van der Waals surface area contributed by atoms with E-state index in [1.807, 2.05) is 64.2 Å². The molecule has 0 radical (unpaired) electrons. The molecule has 2 aromatic heterocycles. The summed E-state index contributed by atoms with van der Waals surface area (Å²) in [4.78, 5) is 32.4. The first-order valence-electron chi connectivity index (χ1n) is 13.0. The highest BCUT2D eigenvalue weighted by Crippen LogP contribution is 2.22. The number of aryl methyl sites for hydroxylation is 1. The van der Waals surface area contributed by atoms with Crippen molar-refractivity contribution in [3.8, 4) is 16.8 Å². The molecule has 2 N–H and O–H groups in total. The van der Waals surface area contributed by atoms with Crippen LogP contribution in [0.15, 0.2) is 73.2 Å². The molecule has 4 aromatic rings. The van der Waals surface area contributed by atoms with Crippen LogP contribution in [0.25, 0.3) is 16.8 Å². The molecular weight excluding hydrogens is 464 g/mol. The third-order valence-electron chi connectivity index (χ3n) is 6.75. The average Bonchev–Trinajstić information content (AvgIpc) is 3.63. The summed E-state index contributed by atoms with van der Waals surface area (Å²) >= 11 is 0. The monoisotopic (exact) mass is 496 g/mol. The fourth-order valence-corrected chi connectivity index (χ4v) is 4.73. The summed E-state index contributed by atoms with van der Waals surface area (Å²) in [6.07, 6.45) is 12.0. The van der Waals surface area contributed by atoms with Crippen LogP contribution in [-0.4, -0.2) is 49.6 Å². The Hall–Kier alpha value is -4.20. The second-order valence-electron chi connectivity index (χ2n) is 9.43. The molecule has 190 valence electrons. The van der Waals surface area contributed by atoms with Gasteiger partial charge in [0.2, 0.25) is 11.9 Å². The molecule has 1 saturated heterocycles. The standard InChI is InChI=1S/C29H32N6O2/c36-27(34-16-7-2-8-17-34)15-6-5-12-25-21-35(26-13-3-1-4-14-26)29(32-25)33-28(37)23-11-9-10-22(18-23)24-19-30-31-20-24/h1,3-4,9-11,13-14,18-21H,2,5-8,12,15-17H2,(H,30,31)(H,32,33,37). The Morgan fingerprint density at radius 2 is 1.78 bits per heavy atom. The molecule has 0 aliphatic carbocycles. The van der Waals surface area contributed by atoms with Gasteiger partial charge in [0.25, 0.3) is 5.91 Å². The van der Waals surface area contributed by atoms with Crippen molar-refractivity contribution >= 4 is 17.8 Å². The number of H-pyrrole nitrogens is 1. The molecule has 5 rings (SSSR count). The van der Waals surface area contributed by atoms with E-state index < -0.39 is 0 Å². The number of unbranched alkanes of at least 4 members (excludes halogenated alkanes) is 1. The lowest BCUT2D eigenvalue weighted by atomic mass is 10.1. The molecule has 3 heterocycles. The van der Waals surface area contributed by atoms with Gasteiger partial charge in [-0.15, -0.1) is 0 Å².